The third kappa shape index (κ3) is 1.20. The molecule has 1 N–H and O–H groups in total. The van der Waals surface area contributed by atoms with Crippen LogP contribution in [0, 0.1) is 0 Å². The van der Waals surface area contributed by atoms with Crippen molar-refractivity contribution >= 4 is 15.9 Å². The zero-order valence-electron chi connectivity index (χ0n) is 5.94. The van der Waals surface area contributed by atoms with Crippen LogP contribution < -0.4 is 0 Å². The lowest BCUT2D eigenvalue weighted by Gasteiger charge is -2.32. The quantitative estimate of drug-likeness (QED) is 0.770. The van der Waals surface area contributed by atoms with Gasteiger partial charge in [-0.05, 0) is 28.8 Å². The molecule has 0 aliphatic heterocycles. The van der Waals surface area contributed by atoms with E-state index >= 15 is 0 Å². The summed E-state index contributed by atoms with van der Waals surface area (Å²) in [6.45, 7) is 0. The van der Waals surface area contributed by atoms with E-state index in [-0.39, 0.29) is 12.1 Å². The second-order valence-corrected chi connectivity index (χ2v) is 3.77. The van der Waals surface area contributed by atoms with Gasteiger partial charge in [-0.3, -0.25) is 4.68 Å². The average molecular weight is 217 g/mol. The van der Waals surface area contributed by atoms with E-state index < -0.39 is 0 Å². The first-order valence-corrected chi connectivity index (χ1v) is 4.44. The first-order chi connectivity index (χ1) is 5.27. The van der Waals surface area contributed by atoms with Crippen LogP contribution in [-0.4, -0.2) is 21.0 Å². The molecule has 1 aliphatic rings. The normalized spacial score (nSPS) is 30.0. The third-order valence-corrected chi connectivity index (χ3v) is 2.52. The summed E-state index contributed by atoms with van der Waals surface area (Å²) in [5.41, 5.74) is 0. The zero-order valence-corrected chi connectivity index (χ0v) is 7.53. The Balaban J connectivity index is 2.16. The second kappa shape index (κ2) is 2.60. The van der Waals surface area contributed by atoms with Gasteiger partial charge >= 0.3 is 0 Å². The largest absolute Gasteiger partial charge is 0.391 e. The van der Waals surface area contributed by atoms with Crippen molar-refractivity contribution in [3.05, 3.63) is 16.9 Å². The Morgan fingerprint density at radius 2 is 2.45 bits per heavy atom. The molecule has 4 heteroatoms. The molecule has 1 fully saturated rings. The van der Waals surface area contributed by atoms with Crippen LogP contribution in [0.3, 0.4) is 0 Å². The molecule has 0 aromatic carbocycles. The van der Waals surface area contributed by atoms with Crippen molar-refractivity contribution < 1.29 is 5.11 Å². The van der Waals surface area contributed by atoms with E-state index in [2.05, 4.69) is 21.0 Å². The molecule has 0 radical (unpaired) electrons. The van der Waals surface area contributed by atoms with Gasteiger partial charge in [0.05, 0.1) is 22.8 Å². The number of hydrogen-bond acceptors (Lipinski definition) is 2. The number of aromatic nitrogens is 2. The van der Waals surface area contributed by atoms with Crippen LogP contribution in [0.25, 0.3) is 0 Å². The fourth-order valence-electron chi connectivity index (χ4n) is 1.27. The summed E-state index contributed by atoms with van der Waals surface area (Å²) in [7, 11) is 0. The van der Waals surface area contributed by atoms with Crippen molar-refractivity contribution in [1.29, 1.82) is 0 Å². The Kier molecular flexibility index (Phi) is 1.73. The zero-order chi connectivity index (χ0) is 7.84. The second-order valence-electron chi connectivity index (χ2n) is 2.85. The Morgan fingerprint density at radius 1 is 1.64 bits per heavy atom. The molecule has 1 unspecified atom stereocenters. The lowest BCUT2D eigenvalue weighted by molar-refractivity contribution is 0.0253. The third-order valence-electron chi connectivity index (χ3n) is 2.11. The summed E-state index contributed by atoms with van der Waals surface area (Å²) in [6.07, 6.45) is 5.39. The van der Waals surface area contributed by atoms with Crippen LogP contribution in [-0.2, 0) is 0 Å². The number of rotatable bonds is 1. The van der Waals surface area contributed by atoms with E-state index in [1.807, 2.05) is 10.9 Å². The van der Waals surface area contributed by atoms with Gasteiger partial charge in [-0.25, -0.2) is 0 Å². The molecule has 1 saturated carbocycles. The predicted molar refractivity (Wildman–Crippen MR) is 44.2 cm³/mol. The summed E-state index contributed by atoms with van der Waals surface area (Å²) in [4.78, 5) is 0. The van der Waals surface area contributed by atoms with Crippen molar-refractivity contribution in [3.63, 3.8) is 0 Å². The SMILES string of the molecule is O[C@H]1CCC1n1cc(Br)cn1. The maximum absolute atomic E-state index is 9.29. The number of aliphatic hydroxyl groups excluding tert-OH is 1. The standard InChI is InChI=1S/C7H9BrN2O/c8-5-3-9-10(4-5)6-1-2-7(6)11/h3-4,6-7,11H,1-2H2/t6?,7-/m0/s1. The van der Waals surface area contributed by atoms with Gasteiger partial charge in [0.25, 0.3) is 0 Å². The van der Waals surface area contributed by atoms with Gasteiger partial charge in [-0.2, -0.15) is 5.10 Å². The van der Waals surface area contributed by atoms with Gasteiger partial charge in [-0.1, -0.05) is 0 Å². The van der Waals surface area contributed by atoms with Crippen LogP contribution in [0.2, 0.25) is 0 Å². The molecule has 1 aromatic rings. The maximum Gasteiger partial charge on any atom is 0.0779 e. The van der Waals surface area contributed by atoms with Gasteiger partial charge in [0.1, 0.15) is 0 Å². The smallest absolute Gasteiger partial charge is 0.0779 e. The molecule has 1 aromatic heterocycles. The number of nitrogens with zero attached hydrogens (tertiary/aromatic N) is 2. The van der Waals surface area contributed by atoms with Crippen LogP contribution >= 0.6 is 15.9 Å². The van der Waals surface area contributed by atoms with Gasteiger partial charge in [0.2, 0.25) is 0 Å². The van der Waals surface area contributed by atoms with Gasteiger partial charge in [-0.15, -0.1) is 0 Å². The molecule has 0 spiro atoms. The molecule has 2 rings (SSSR count). The highest BCUT2D eigenvalue weighted by Crippen LogP contribution is 2.31. The first-order valence-electron chi connectivity index (χ1n) is 3.65. The lowest BCUT2D eigenvalue weighted by Crippen LogP contribution is -2.33. The van der Waals surface area contributed by atoms with E-state index in [1.54, 1.807) is 6.20 Å². The summed E-state index contributed by atoms with van der Waals surface area (Å²) in [6, 6.07) is 0.210. The van der Waals surface area contributed by atoms with E-state index in [9.17, 15) is 5.11 Å². The highest BCUT2D eigenvalue weighted by Gasteiger charge is 2.30. The van der Waals surface area contributed by atoms with E-state index in [0.717, 1.165) is 17.3 Å². The summed E-state index contributed by atoms with van der Waals surface area (Å²) < 4.78 is 2.79. The van der Waals surface area contributed by atoms with E-state index in [1.165, 1.54) is 0 Å². The summed E-state index contributed by atoms with van der Waals surface area (Å²) in [5.74, 6) is 0. The fraction of sp³-hybridized carbons (Fsp3) is 0.571. The minimum Gasteiger partial charge on any atom is -0.391 e. The van der Waals surface area contributed by atoms with Crippen molar-refractivity contribution in [2.75, 3.05) is 0 Å². The predicted octanol–water partition coefficient (Wildman–Crippen LogP) is 1.34. The topological polar surface area (TPSA) is 38.0 Å². The van der Waals surface area contributed by atoms with Gasteiger partial charge in [0, 0.05) is 6.20 Å². The van der Waals surface area contributed by atoms with Crippen LogP contribution in [0.5, 0.6) is 0 Å². The van der Waals surface area contributed by atoms with Crippen LogP contribution in [0.1, 0.15) is 18.9 Å². The maximum atomic E-state index is 9.29. The molecule has 0 bridgehead atoms. The molecule has 1 heterocycles. The Morgan fingerprint density at radius 3 is 2.82 bits per heavy atom. The summed E-state index contributed by atoms with van der Waals surface area (Å²) >= 11 is 3.31. The number of halogens is 1. The molecule has 11 heavy (non-hydrogen) atoms. The van der Waals surface area contributed by atoms with E-state index in [4.69, 9.17) is 0 Å². The fourth-order valence-corrected chi connectivity index (χ4v) is 1.57. The van der Waals surface area contributed by atoms with Crippen molar-refractivity contribution in [2.24, 2.45) is 0 Å². The first kappa shape index (κ1) is 7.31. The molecule has 60 valence electrons. The molecular formula is C7H9BrN2O. The van der Waals surface area contributed by atoms with Crippen molar-refractivity contribution in [3.8, 4) is 0 Å². The Bertz CT molecular complexity index is 261. The average Bonchev–Trinajstić information content (AvgIpc) is 2.33. The van der Waals surface area contributed by atoms with Crippen molar-refractivity contribution in [1.82, 2.24) is 9.78 Å². The van der Waals surface area contributed by atoms with Crippen molar-refractivity contribution in [2.45, 2.75) is 25.0 Å². The monoisotopic (exact) mass is 216 g/mol. The molecular weight excluding hydrogens is 208 g/mol. The van der Waals surface area contributed by atoms with Crippen LogP contribution in [0.15, 0.2) is 16.9 Å². The number of aliphatic hydroxyl groups is 1. The lowest BCUT2D eigenvalue weighted by atomic mass is 9.89. The molecule has 0 saturated heterocycles. The summed E-state index contributed by atoms with van der Waals surface area (Å²) in [5, 5.41) is 13.4. The Labute approximate surface area is 73.2 Å². The Hall–Kier alpha value is -0.350. The highest BCUT2D eigenvalue weighted by molar-refractivity contribution is 9.10. The molecule has 0 amide bonds. The molecule has 3 nitrogen and oxygen atoms in total. The highest BCUT2D eigenvalue weighted by atomic mass is 79.9. The van der Waals surface area contributed by atoms with E-state index in [0.29, 0.717) is 0 Å². The minimum atomic E-state index is -0.193. The van der Waals surface area contributed by atoms with Gasteiger partial charge < -0.3 is 5.11 Å². The number of hydrogen-bond donors (Lipinski definition) is 1. The molecule has 1 aliphatic carbocycles. The van der Waals surface area contributed by atoms with Gasteiger partial charge in [0.15, 0.2) is 0 Å². The minimum absolute atomic E-state index is 0.193. The molecule has 2 atom stereocenters. The van der Waals surface area contributed by atoms with Crippen LogP contribution in [0.4, 0.5) is 0 Å².